The van der Waals surface area contributed by atoms with Crippen molar-refractivity contribution in [2.75, 3.05) is 0 Å². The van der Waals surface area contributed by atoms with E-state index in [1.165, 1.54) is 83.5 Å². The van der Waals surface area contributed by atoms with Gasteiger partial charge in [-0.25, -0.2) is 0 Å². The first-order valence-corrected chi connectivity index (χ1v) is 11.7. The maximum atomic E-state index is 12.2. The maximum absolute atomic E-state index is 12.2. The molecule has 2 nitrogen and oxygen atoms in total. The molecule has 1 atom stereocenters. The van der Waals surface area contributed by atoms with Gasteiger partial charge < -0.3 is 0 Å². The highest BCUT2D eigenvalue weighted by Gasteiger charge is 2.17. The van der Waals surface area contributed by atoms with Crippen LogP contribution in [0.2, 0.25) is 0 Å². The van der Waals surface area contributed by atoms with Crippen molar-refractivity contribution in [3.05, 3.63) is 0 Å². The van der Waals surface area contributed by atoms with E-state index < -0.39 is 5.92 Å². The van der Waals surface area contributed by atoms with E-state index >= 15 is 0 Å². The molecule has 1 radical (unpaired) electrons. The molecule has 0 spiro atoms. The average molecular weight is 366 g/mol. The third-order valence-electron chi connectivity index (χ3n) is 5.40. The fraction of sp³-hybridized carbons (Fsp3) is 0.917. The zero-order valence-corrected chi connectivity index (χ0v) is 17.8. The van der Waals surface area contributed by atoms with Crippen molar-refractivity contribution in [3.63, 3.8) is 0 Å². The van der Waals surface area contributed by atoms with Crippen molar-refractivity contribution in [1.82, 2.24) is 0 Å². The lowest BCUT2D eigenvalue weighted by Gasteiger charge is -2.09. The van der Waals surface area contributed by atoms with Crippen LogP contribution in [-0.4, -0.2) is 12.1 Å². The van der Waals surface area contributed by atoms with Gasteiger partial charge in [0.2, 0.25) is 6.29 Å². The van der Waals surface area contributed by atoms with Crippen LogP contribution in [0.4, 0.5) is 0 Å². The Morgan fingerprint density at radius 1 is 0.615 bits per heavy atom. The minimum absolute atomic E-state index is 0.130. The van der Waals surface area contributed by atoms with Crippen LogP contribution >= 0.6 is 0 Å². The molecule has 0 aromatic carbocycles. The summed E-state index contributed by atoms with van der Waals surface area (Å²) in [5, 5.41) is 0. The van der Waals surface area contributed by atoms with Crippen molar-refractivity contribution in [2.24, 2.45) is 5.92 Å². The van der Waals surface area contributed by atoms with Crippen molar-refractivity contribution < 1.29 is 9.59 Å². The van der Waals surface area contributed by atoms with Gasteiger partial charge >= 0.3 is 0 Å². The normalized spacial score (nSPS) is 12.2. The Hall–Kier alpha value is -0.660. The molecule has 0 saturated heterocycles. The summed E-state index contributed by atoms with van der Waals surface area (Å²) in [4.78, 5) is 23.3. The van der Waals surface area contributed by atoms with Gasteiger partial charge in [-0.2, -0.15) is 0 Å². The SMILES string of the molecule is CCCCCCCCCCCC(=O)C([C]=O)CCCCCCCCCC. The van der Waals surface area contributed by atoms with Gasteiger partial charge in [-0.3, -0.25) is 9.59 Å². The summed E-state index contributed by atoms with van der Waals surface area (Å²) in [7, 11) is 0. The highest BCUT2D eigenvalue weighted by molar-refractivity contribution is 5.93. The highest BCUT2D eigenvalue weighted by Crippen LogP contribution is 2.16. The standard InChI is InChI=1S/C24H45O2/c1-3-5-7-9-11-13-15-17-19-21-24(26)23(22-25)20-18-16-14-12-10-8-6-4-2/h23H,3-21H2,1-2H3. The lowest BCUT2D eigenvalue weighted by molar-refractivity contribution is -0.121. The predicted octanol–water partition coefficient (Wildman–Crippen LogP) is 7.73. The van der Waals surface area contributed by atoms with E-state index in [1.54, 1.807) is 0 Å². The molecule has 1 unspecified atom stereocenters. The molecule has 0 rings (SSSR count). The number of Topliss-reactive ketones (excluding diaryl/α,β-unsaturated/α-hetero) is 1. The van der Waals surface area contributed by atoms with Gasteiger partial charge in [0, 0.05) is 6.42 Å². The molecular formula is C24H45O2. The maximum Gasteiger partial charge on any atom is 0.209 e. The number of carbonyl (C=O) groups excluding carboxylic acids is 2. The van der Waals surface area contributed by atoms with Gasteiger partial charge in [0.1, 0.15) is 5.78 Å². The van der Waals surface area contributed by atoms with Gasteiger partial charge in [-0.05, 0) is 12.8 Å². The van der Waals surface area contributed by atoms with Crippen molar-refractivity contribution in [1.29, 1.82) is 0 Å². The van der Waals surface area contributed by atoms with Crippen LogP contribution in [0.15, 0.2) is 0 Å². The number of rotatable bonds is 21. The molecule has 0 aliphatic carbocycles. The summed E-state index contributed by atoms with van der Waals surface area (Å²) < 4.78 is 0. The van der Waals surface area contributed by atoms with Gasteiger partial charge in [0.05, 0.1) is 5.92 Å². The number of unbranched alkanes of at least 4 members (excludes halogenated alkanes) is 15. The molecular weight excluding hydrogens is 320 g/mol. The van der Waals surface area contributed by atoms with Gasteiger partial charge in [-0.1, -0.05) is 117 Å². The van der Waals surface area contributed by atoms with Gasteiger partial charge in [-0.15, -0.1) is 0 Å². The lowest BCUT2D eigenvalue weighted by atomic mass is 9.94. The van der Waals surface area contributed by atoms with E-state index in [9.17, 15) is 9.59 Å². The molecule has 0 saturated carbocycles. The quantitative estimate of drug-likeness (QED) is 0.154. The molecule has 26 heavy (non-hydrogen) atoms. The fourth-order valence-corrected chi connectivity index (χ4v) is 3.55. The third kappa shape index (κ3) is 16.8. The van der Waals surface area contributed by atoms with Crippen LogP contribution in [0.25, 0.3) is 0 Å². The Morgan fingerprint density at radius 2 is 1.00 bits per heavy atom. The van der Waals surface area contributed by atoms with E-state index in [2.05, 4.69) is 13.8 Å². The molecule has 0 heterocycles. The van der Waals surface area contributed by atoms with Crippen LogP contribution in [0.3, 0.4) is 0 Å². The van der Waals surface area contributed by atoms with E-state index in [0.717, 1.165) is 25.7 Å². The number of hydrogen-bond acceptors (Lipinski definition) is 2. The van der Waals surface area contributed by atoms with Crippen LogP contribution in [0, 0.1) is 5.92 Å². The van der Waals surface area contributed by atoms with Crippen LogP contribution in [0.5, 0.6) is 0 Å². The summed E-state index contributed by atoms with van der Waals surface area (Å²) in [5.41, 5.74) is 0. The highest BCUT2D eigenvalue weighted by atomic mass is 16.1. The zero-order valence-electron chi connectivity index (χ0n) is 17.8. The number of carbonyl (C=O) groups is 1. The fourth-order valence-electron chi connectivity index (χ4n) is 3.55. The molecule has 0 N–H and O–H groups in total. The largest absolute Gasteiger partial charge is 0.299 e. The van der Waals surface area contributed by atoms with Crippen LogP contribution in [0.1, 0.15) is 136 Å². The molecule has 153 valence electrons. The summed E-state index contributed by atoms with van der Waals surface area (Å²) >= 11 is 0. The Labute approximate surface area is 163 Å². The van der Waals surface area contributed by atoms with Gasteiger partial charge in [0.25, 0.3) is 0 Å². The minimum atomic E-state index is -0.455. The van der Waals surface area contributed by atoms with Gasteiger partial charge in [0.15, 0.2) is 0 Å². The lowest BCUT2D eigenvalue weighted by Crippen LogP contribution is -2.15. The van der Waals surface area contributed by atoms with Crippen molar-refractivity contribution in [3.8, 4) is 0 Å². The summed E-state index contributed by atoms with van der Waals surface area (Å²) in [6, 6.07) is 0. The third-order valence-corrected chi connectivity index (χ3v) is 5.40. The monoisotopic (exact) mass is 365 g/mol. The summed E-state index contributed by atoms with van der Waals surface area (Å²) in [5.74, 6) is -0.324. The molecule has 0 aliphatic heterocycles. The van der Waals surface area contributed by atoms with Crippen molar-refractivity contribution in [2.45, 2.75) is 136 Å². The Morgan fingerprint density at radius 3 is 1.42 bits per heavy atom. The molecule has 0 aromatic heterocycles. The first kappa shape index (κ1) is 25.3. The Balaban J connectivity index is 3.51. The second-order valence-electron chi connectivity index (χ2n) is 7.98. The van der Waals surface area contributed by atoms with E-state index in [4.69, 9.17) is 0 Å². The minimum Gasteiger partial charge on any atom is -0.299 e. The second-order valence-corrected chi connectivity index (χ2v) is 7.98. The molecule has 0 aliphatic rings. The van der Waals surface area contributed by atoms with E-state index in [0.29, 0.717) is 12.8 Å². The molecule has 0 fully saturated rings. The Kier molecular flexibility index (Phi) is 20.1. The smallest absolute Gasteiger partial charge is 0.209 e. The summed E-state index contributed by atoms with van der Waals surface area (Å²) in [6.07, 6.45) is 24.6. The first-order valence-electron chi connectivity index (χ1n) is 11.7. The van der Waals surface area contributed by atoms with Crippen LogP contribution in [-0.2, 0) is 9.59 Å². The first-order chi connectivity index (χ1) is 12.8. The second kappa shape index (κ2) is 20.6. The van der Waals surface area contributed by atoms with Crippen LogP contribution < -0.4 is 0 Å². The van der Waals surface area contributed by atoms with Crippen molar-refractivity contribution >= 4 is 12.1 Å². The zero-order chi connectivity index (χ0) is 19.3. The summed E-state index contributed by atoms with van der Waals surface area (Å²) in [6.45, 7) is 4.48. The number of hydrogen-bond donors (Lipinski definition) is 0. The molecule has 0 amide bonds. The topological polar surface area (TPSA) is 34.1 Å². The average Bonchev–Trinajstić information content (AvgIpc) is 2.65. The molecule has 0 bridgehead atoms. The molecule has 2 heteroatoms. The predicted molar refractivity (Wildman–Crippen MR) is 113 cm³/mol. The van der Waals surface area contributed by atoms with E-state index in [-0.39, 0.29) is 5.78 Å². The Bertz CT molecular complexity index is 311. The van der Waals surface area contributed by atoms with E-state index in [1.807, 2.05) is 6.29 Å². The number of ketones is 1. The molecule has 0 aromatic rings.